The quantitative estimate of drug-likeness (QED) is 0.895. The average molecular weight is 299 g/mol. The first kappa shape index (κ1) is 14.9. The van der Waals surface area contributed by atoms with Crippen molar-refractivity contribution in [3.05, 3.63) is 12.1 Å². The van der Waals surface area contributed by atoms with E-state index in [0.717, 1.165) is 0 Å². The van der Waals surface area contributed by atoms with Gasteiger partial charge in [0.15, 0.2) is 9.84 Å². The number of nitrogens with two attached hydrogens (primary N) is 1. The van der Waals surface area contributed by atoms with E-state index < -0.39 is 9.84 Å². The lowest BCUT2D eigenvalue weighted by molar-refractivity contribution is 0.234. The van der Waals surface area contributed by atoms with Crippen LogP contribution in [0.3, 0.4) is 0 Å². The fourth-order valence-electron chi connectivity index (χ4n) is 2.22. The summed E-state index contributed by atoms with van der Waals surface area (Å²) < 4.78 is 28.7. The Morgan fingerprint density at radius 2 is 2.15 bits per heavy atom. The topological polar surface area (TPSA) is 85.5 Å². The standard InChI is InChI=1S/C13H21N3O3S/c1-9(2)19-13-11(14)4-5-12(15-13)16(3)10-6-7-20(17,18)8-10/h4-5,9-10H,6-8,14H2,1-3H3. The number of hydrogen-bond acceptors (Lipinski definition) is 6. The number of pyridine rings is 1. The van der Waals surface area contributed by atoms with Gasteiger partial charge in [-0.05, 0) is 32.4 Å². The van der Waals surface area contributed by atoms with E-state index in [0.29, 0.717) is 23.8 Å². The predicted octanol–water partition coefficient (Wildman–Crippen LogP) is 1.07. The Hall–Kier alpha value is -1.50. The maximum atomic E-state index is 11.6. The number of hydrogen-bond donors (Lipinski definition) is 1. The molecule has 0 aliphatic carbocycles. The van der Waals surface area contributed by atoms with E-state index in [-0.39, 0.29) is 23.7 Å². The van der Waals surface area contributed by atoms with Crippen molar-refractivity contribution in [3.8, 4) is 5.88 Å². The minimum absolute atomic E-state index is 0.0165. The van der Waals surface area contributed by atoms with Crippen molar-refractivity contribution in [3.63, 3.8) is 0 Å². The summed E-state index contributed by atoms with van der Waals surface area (Å²) in [5.41, 5.74) is 6.31. The van der Waals surface area contributed by atoms with Gasteiger partial charge in [-0.25, -0.2) is 8.42 Å². The van der Waals surface area contributed by atoms with E-state index in [1.54, 1.807) is 12.1 Å². The summed E-state index contributed by atoms with van der Waals surface area (Å²) in [7, 11) is -1.06. The Labute approximate surface area is 119 Å². The summed E-state index contributed by atoms with van der Waals surface area (Å²) >= 11 is 0. The minimum atomic E-state index is -2.91. The molecule has 0 saturated carbocycles. The summed E-state index contributed by atoms with van der Waals surface area (Å²) in [6, 6.07) is 3.48. The maximum Gasteiger partial charge on any atom is 0.239 e. The molecule has 1 aromatic heterocycles. The molecule has 0 amide bonds. The number of anilines is 2. The smallest absolute Gasteiger partial charge is 0.239 e. The zero-order chi connectivity index (χ0) is 14.9. The highest BCUT2D eigenvalue weighted by molar-refractivity contribution is 7.91. The van der Waals surface area contributed by atoms with Gasteiger partial charge in [-0.1, -0.05) is 0 Å². The Bertz CT molecular complexity index is 587. The van der Waals surface area contributed by atoms with E-state index in [9.17, 15) is 8.42 Å². The van der Waals surface area contributed by atoms with Crippen LogP contribution in [0.1, 0.15) is 20.3 Å². The number of ether oxygens (including phenoxy) is 1. The second kappa shape index (κ2) is 5.47. The number of aromatic nitrogens is 1. The van der Waals surface area contributed by atoms with Gasteiger partial charge in [-0.2, -0.15) is 4.98 Å². The highest BCUT2D eigenvalue weighted by atomic mass is 32.2. The third-order valence-corrected chi connectivity index (χ3v) is 5.09. The molecule has 20 heavy (non-hydrogen) atoms. The van der Waals surface area contributed by atoms with E-state index in [1.807, 2.05) is 25.8 Å². The molecule has 7 heteroatoms. The molecule has 1 aliphatic rings. The van der Waals surface area contributed by atoms with Crippen LogP contribution in [-0.2, 0) is 9.84 Å². The molecule has 2 rings (SSSR count). The largest absolute Gasteiger partial charge is 0.473 e. The van der Waals surface area contributed by atoms with Crippen LogP contribution in [0.2, 0.25) is 0 Å². The Kier molecular flexibility index (Phi) is 4.08. The third kappa shape index (κ3) is 3.33. The normalized spacial score (nSPS) is 21.1. The van der Waals surface area contributed by atoms with Gasteiger partial charge in [0.05, 0.1) is 23.3 Å². The predicted molar refractivity (Wildman–Crippen MR) is 79.9 cm³/mol. The van der Waals surface area contributed by atoms with Crippen molar-refractivity contribution in [1.29, 1.82) is 0 Å². The van der Waals surface area contributed by atoms with Crippen LogP contribution >= 0.6 is 0 Å². The highest BCUT2D eigenvalue weighted by Gasteiger charge is 2.31. The van der Waals surface area contributed by atoms with Gasteiger partial charge < -0.3 is 15.4 Å². The SMILES string of the molecule is CC(C)Oc1nc(N(C)C2CCS(=O)(=O)C2)ccc1N. The monoisotopic (exact) mass is 299 g/mol. The van der Waals surface area contributed by atoms with Crippen molar-refractivity contribution >= 4 is 21.3 Å². The van der Waals surface area contributed by atoms with Crippen molar-refractivity contribution in [2.45, 2.75) is 32.4 Å². The second-order valence-electron chi connectivity index (χ2n) is 5.40. The number of sulfone groups is 1. The van der Waals surface area contributed by atoms with Crippen molar-refractivity contribution in [2.24, 2.45) is 0 Å². The molecular weight excluding hydrogens is 278 g/mol. The van der Waals surface area contributed by atoms with Crippen LogP contribution in [0.25, 0.3) is 0 Å². The van der Waals surface area contributed by atoms with Gasteiger partial charge in [-0.3, -0.25) is 0 Å². The Morgan fingerprint density at radius 1 is 1.45 bits per heavy atom. The fraction of sp³-hybridized carbons (Fsp3) is 0.615. The first-order valence-corrected chi connectivity index (χ1v) is 8.47. The summed E-state index contributed by atoms with van der Waals surface area (Å²) in [5.74, 6) is 1.49. The average Bonchev–Trinajstić information content (AvgIpc) is 2.71. The van der Waals surface area contributed by atoms with Gasteiger partial charge in [0, 0.05) is 13.1 Å². The summed E-state index contributed by atoms with van der Waals surface area (Å²) in [6.45, 7) is 3.81. The van der Waals surface area contributed by atoms with Crippen LogP contribution < -0.4 is 15.4 Å². The number of rotatable bonds is 4. The minimum Gasteiger partial charge on any atom is -0.473 e. The lowest BCUT2D eigenvalue weighted by Gasteiger charge is -2.25. The molecule has 1 fully saturated rings. The molecule has 1 aromatic rings. The summed E-state index contributed by atoms with van der Waals surface area (Å²) in [6.07, 6.45) is 0.614. The molecule has 1 unspecified atom stereocenters. The number of nitrogen functional groups attached to an aromatic ring is 1. The molecule has 112 valence electrons. The second-order valence-corrected chi connectivity index (χ2v) is 7.63. The van der Waals surface area contributed by atoms with Crippen molar-refractivity contribution in [2.75, 3.05) is 29.2 Å². The zero-order valence-electron chi connectivity index (χ0n) is 12.0. The molecule has 2 N–H and O–H groups in total. The van der Waals surface area contributed by atoms with E-state index in [4.69, 9.17) is 10.5 Å². The van der Waals surface area contributed by atoms with E-state index >= 15 is 0 Å². The first-order valence-electron chi connectivity index (χ1n) is 6.65. The van der Waals surface area contributed by atoms with E-state index in [1.165, 1.54) is 0 Å². The molecule has 2 heterocycles. The highest BCUT2D eigenvalue weighted by Crippen LogP contribution is 2.27. The van der Waals surface area contributed by atoms with Crippen LogP contribution in [-0.4, -0.2) is 44.1 Å². The molecule has 1 aliphatic heterocycles. The molecular formula is C13H21N3O3S. The van der Waals surface area contributed by atoms with Crippen LogP contribution in [0, 0.1) is 0 Å². The fourth-order valence-corrected chi connectivity index (χ4v) is 4.00. The van der Waals surface area contributed by atoms with Gasteiger partial charge >= 0.3 is 0 Å². The summed E-state index contributed by atoms with van der Waals surface area (Å²) in [5, 5.41) is 0. The van der Waals surface area contributed by atoms with Gasteiger partial charge in [0.2, 0.25) is 5.88 Å². The molecule has 0 bridgehead atoms. The molecule has 1 atom stereocenters. The Balaban J connectivity index is 2.20. The lowest BCUT2D eigenvalue weighted by atomic mass is 10.2. The van der Waals surface area contributed by atoms with Crippen molar-refractivity contribution < 1.29 is 13.2 Å². The summed E-state index contributed by atoms with van der Waals surface area (Å²) in [4.78, 5) is 6.27. The van der Waals surface area contributed by atoms with Gasteiger partial charge in [-0.15, -0.1) is 0 Å². The van der Waals surface area contributed by atoms with Crippen LogP contribution in [0.4, 0.5) is 11.5 Å². The molecule has 1 saturated heterocycles. The first-order chi connectivity index (χ1) is 9.28. The van der Waals surface area contributed by atoms with Gasteiger partial charge in [0.1, 0.15) is 5.82 Å². The lowest BCUT2D eigenvalue weighted by Crippen LogP contribution is -2.33. The van der Waals surface area contributed by atoms with Gasteiger partial charge in [0.25, 0.3) is 0 Å². The van der Waals surface area contributed by atoms with Crippen LogP contribution in [0.5, 0.6) is 5.88 Å². The Morgan fingerprint density at radius 3 is 2.70 bits per heavy atom. The third-order valence-electron chi connectivity index (χ3n) is 3.34. The van der Waals surface area contributed by atoms with Crippen molar-refractivity contribution in [1.82, 2.24) is 4.98 Å². The molecule has 0 spiro atoms. The number of nitrogens with zero attached hydrogens (tertiary/aromatic N) is 2. The van der Waals surface area contributed by atoms with E-state index in [2.05, 4.69) is 4.98 Å². The molecule has 6 nitrogen and oxygen atoms in total. The van der Waals surface area contributed by atoms with Crippen LogP contribution in [0.15, 0.2) is 12.1 Å². The maximum absolute atomic E-state index is 11.6. The zero-order valence-corrected chi connectivity index (χ0v) is 12.9. The molecule has 0 aromatic carbocycles. The molecule has 0 radical (unpaired) electrons.